The van der Waals surface area contributed by atoms with E-state index < -0.39 is 5.92 Å². The van der Waals surface area contributed by atoms with Gasteiger partial charge in [-0.1, -0.05) is 0 Å². The van der Waals surface area contributed by atoms with Gasteiger partial charge in [0.15, 0.2) is 0 Å². The summed E-state index contributed by atoms with van der Waals surface area (Å²) in [5.74, 6) is -1.26. The van der Waals surface area contributed by atoms with Crippen LogP contribution < -0.4 is 0 Å². The van der Waals surface area contributed by atoms with E-state index in [-0.39, 0.29) is 18.4 Å². The number of pyridine rings is 1. The first-order chi connectivity index (χ1) is 9.56. The zero-order chi connectivity index (χ0) is 15.0. The maximum absolute atomic E-state index is 11.9. The van der Waals surface area contributed by atoms with Crippen molar-refractivity contribution in [3.05, 3.63) is 29.6 Å². The lowest BCUT2D eigenvalue weighted by atomic mass is 9.96. The Hall–Kier alpha value is -1.91. The Morgan fingerprint density at radius 3 is 2.55 bits per heavy atom. The van der Waals surface area contributed by atoms with E-state index in [0.717, 1.165) is 11.3 Å². The van der Waals surface area contributed by atoms with E-state index in [9.17, 15) is 9.59 Å². The highest BCUT2D eigenvalue weighted by molar-refractivity contribution is 5.80. The van der Waals surface area contributed by atoms with Gasteiger partial charge in [0, 0.05) is 11.9 Å². The van der Waals surface area contributed by atoms with Crippen molar-refractivity contribution in [1.29, 1.82) is 0 Å². The van der Waals surface area contributed by atoms with Crippen LogP contribution in [0, 0.1) is 12.8 Å². The molecular weight excluding hydrogens is 258 g/mol. The molecule has 0 bridgehead atoms. The number of rotatable bonds is 7. The normalized spacial score (nSPS) is 11.8. The number of ether oxygens (including phenoxy) is 2. The molecule has 1 heterocycles. The van der Waals surface area contributed by atoms with Crippen LogP contribution in [0.3, 0.4) is 0 Å². The van der Waals surface area contributed by atoms with Gasteiger partial charge in [-0.15, -0.1) is 0 Å². The van der Waals surface area contributed by atoms with E-state index >= 15 is 0 Å². The van der Waals surface area contributed by atoms with E-state index in [4.69, 9.17) is 9.47 Å². The molecule has 0 N–H and O–H groups in total. The van der Waals surface area contributed by atoms with Crippen molar-refractivity contribution in [1.82, 2.24) is 4.98 Å². The molecule has 0 saturated carbocycles. The standard InChI is InChI=1S/C15H21NO4/c1-4-19-14(17)10-13(15(18)20-5-2)9-12-6-7-16-11(3)8-12/h6-8,13H,4-5,9-10H2,1-3H3. The van der Waals surface area contributed by atoms with Gasteiger partial charge >= 0.3 is 11.9 Å². The number of hydrogen-bond donors (Lipinski definition) is 0. The highest BCUT2D eigenvalue weighted by atomic mass is 16.5. The SMILES string of the molecule is CCOC(=O)CC(Cc1ccnc(C)c1)C(=O)OCC. The Kier molecular flexibility index (Phi) is 6.70. The Balaban J connectivity index is 2.76. The molecule has 1 unspecified atom stereocenters. The van der Waals surface area contributed by atoms with Gasteiger partial charge in [0.2, 0.25) is 0 Å². The quantitative estimate of drug-likeness (QED) is 0.715. The molecule has 110 valence electrons. The second kappa shape index (κ2) is 8.30. The average molecular weight is 279 g/mol. The second-order valence-corrected chi connectivity index (χ2v) is 4.47. The summed E-state index contributed by atoms with van der Waals surface area (Å²) in [5, 5.41) is 0. The van der Waals surface area contributed by atoms with Gasteiger partial charge in [0.1, 0.15) is 0 Å². The van der Waals surface area contributed by atoms with E-state index in [1.807, 2.05) is 19.1 Å². The first-order valence-corrected chi connectivity index (χ1v) is 6.80. The van der Waals surface area contributed by atoms with Crippen molar-refractivity contribution in [3.8, 4) is 0 Å². The Labute approximate surface area is 119 Å². The summed E-state index contributed by atoms with van der Waals surface area (Å²) in [4.78, 5) is 27.6. The highest BCUT2D eigenvalue weighted by Crippen LogP contribution is 2.15. The summed E-state index contributed by atoms with van der Waals surface area (Å²) in [6.45, 7) is 5.98. The van der Waals surface area contributed by atoms with Crippen LogP contribution >= 0.6 is 0 Å². The summed E-state index contributed by atoms with van der Waals surface area (Å²) in [5.41, 5.74) is 1.83. The van der Waals surface area contributed by atoms with Crippen molar-refractivity contribution in [2.45, 2.75) is 33.6 Å². The number of carbonyl (C=O) groups is 2. The van der Waals surface area contributed by atoms with E-state index in [2.05, 4.69) is 4.98 Å². The summed E-state index contributed by atoms with van der Waals surface area (Å²) in [6.07, 6.45) is 2.17. The van der Waals surface area contributed by atoms with E-state index in [0.29, 0.717) is 19.6 Å². The zero-order valence-electron chi connectivity index (χ0n) is 12.2. The fourth-order valence-corrected chi connectivity index (χ4v) is 1.94. The molecule has 1 aromatic heterocycles. The molecular formula is C15H21NO4. The molecule has 0 aliphatic rings. The van der Waals surface area contributed by atoms with Crippen LogP contribution in [-0.4, -0.2) is 30.1 Å². The number of carbonyl (C=O) groups excluding carboxylic acids is 2. The summed E-state index contributed by atoms with van der Waals surface area (Å²) < 4.78 is 9.93. The minimum absolute atomic E-state index is 0.0358. The molecule has 0 aliphatic heterocycles. The fourth-order valence-electron chi connectivity index (χ4n) is 1.94. The Bertz CT molecular complexity index is 459. The predicted molar refractivity (Wildman–Crippen MR) is 74.1 cm³/mol. The number of esters is 2. The molecule has 5 heteroatoms. The van der Waals surface area contributed by atoms with Crippen LogP contribution in [0.5, 0.6) is 0 Å². The van der Waals surface area contributed by atoms with Gasteiger partial charge in [-0.05, 0) is 44.9 Å². The number of nitrogens with zero attached hydrogens (tertiary/aromatic N) is 1. The minimum atomic E-state index is -0.518. The van der Waals surface area contributed by atoms with Crippen molar-refractivity contribution in [2.75, 3.05) is 13.2 Å². The van der Waals surface area contributed by atoms with Crippen LogP contribution in [0.25, 0.3) is 0 Å². The molecule has 0 amide bonds. The van der Waals surface area contributed by atoms with Gasteiger partial charge in [0.25, 0.3) is 0 Å². The highest BCUT2D eigenvalue weighted by Gasteiger charge is 2.24. The van der Waals surface area contributed by atoms with Crippen molar-refractivity contribution in [3.63, 3.8) is 0 Å². The smallest absolute Gasteiger partial charge is 0.309 e. The molecule has 1 aromatic rings. The Morgan fingerprint density at radius 1 is 1.25 bits per heavy atom. The van der Waals surface area contributed by atoms with Crippen molar-refractivity contribution < 1.29 is 19.1 Å². The Morgan fingerprint density at radius 2 is 1.95 bits per heavy atom. The van der Waals surface area contributed by atoms with E-state index in [1.54, 1.807) is 20.0 Å². The monoisotopic (exact) mass is 279 g/mol. The first kappa shape index (κ1) is 16.1. The third-order valence-electron chi connectivity index (χ3n) is 2.78. The van der Waals surface area contributed by atoms with Gasteiger partial charge in [0.05, 0.1) is 25.6 Å². The van der Waals surface area contributed by atoms with Crippen LogP contribution in [-0.2, 0) is 25.5 Å². The summed E-state index contributed by atoms with van der Waals surface area (Å²) in [7, 11) is 0. The van der Waals surface area contributed by atoms with Gasteiger partial charge in [-0.3, -0.25) is 14.6 Å². The molecule has 20 heavy (non-hydrogen) atoms. The van der Waals surface area contributed by atoms with E-state index in [1.165, 1.54) is 0 Å². The molecule has 1 atom stereocenters. The predicted octanol–water partition coefficient (Wildman–Crippen LogP) is 2.07. The fraction of sp³-hybridized carbons (Fsp3) is 0.533. The number of aryl methyl sites for hydroxylation is 1. The molecule has 5 nitrogen and oxygen atoms in total. The molecule has 1 rings (SSSR count). The maximum atomic E-state index is 11.9. The largest absolute Gasteiger partial charge is 0.466 e. The lowest BCUT2D eigenvalue weighted by Crippen LogP contribution is -2.24. The summed E-state index contributed by atoms with van der Waals surface area (Å²) in [6, 6.07) is 3.74. The van der Waals surface area contributed by atoms with Crippen molar-refractivity contribution >= 4 is 11.9 Å². The minimum Gasteiger partial charge on any atom is -0.466 e. The molecule has 0 aromatic carbocycles. The van der Waals surface area contributed by atoms with Crippen LogP contribution in [0.2, 0.25) is 0 Å². The lowest BCUT2D eigenvalue weighted by Gasteiger charge is -2.15. The van der Waals surface area contributed by atoms with Crippen molar-refractivity contribution in [2.24, 2.45) is 5.92 Å². The average Bonchev–Trinajstić information content (AvgIpc) is 2.38. The molecule has 0 radical (unpaired) electrons. The van der Waals surface area contributed by atoms with Gasteiger partial charge in [-0.2, -0.15) is 0 Å². The number of hydrogen-bond acceptors (Lipinski definition) is 5. The molecule has 0 spiro atoms. The zero-order valence-corrected chi connectivity index (χ0v) is 12.2. The van der Waals surface area contributed by atoms with Gasteiger partial charge < -0.3 is 9.47 Å². The number of aromatic nitrogens is 1. The van der Waals surface area contributed by atoms with Crippen LogP contribution in [0.15, 0.2) is 18.3 Å². The third-order valence-corrected chi connectivity index (χ3v) is 2.78. The second-order valence-electron chi connectivity index (χ2n) is 4.47. The molecule has 0 saturated heterocycles. The topological polar surface area (TPSA) is 65.5 Å². The first-order valence-electron chi connectivity index (χ1n) is 6.80. The molecule has 0 fully saturated rings. The van der Waals surface area contributed by atoms with Crippen LogP contribution in [0.1, 0.15) is 31.5 Å². The van der Waals surface area contributed by atoms with Crippen LogP contribution in [0.4, 0.5) is 0 Å². The third kappa shape index (κ3) is 5.38. The maximum Gasteiger partial charge on any atom is 0.309 e. The molecule has 0 aliphatic carbocycles. The van der Waals surface area contributed by atoms with Gasteiger partial charge in [-0.25, -0.2) is 0 Å². The lowest BCUT2D eigenvalue weighted by molar-refractivity contribution is -0.154. The summed E-state index contributed by atoms with van der Waals surface area (Å²) >= 11 is 0.